The SMILES string of the molecule is C/C=C(\Cl)C(=O)[O][Hg]. The second-order valence-corrected chi connectivity index (χ2v) is 2.60. The minimum absolute atomic E-state index is 0.0462. The van der Waals surface area contributed by atoms with Crippen molar-refractivity contribution in [3.63, 3.8) is 0 Å². The Hall–Kier alpha value is 0.435. The summed E-state index contributed by atoms with van der Waals surface area (Å²) in [5.74, 6) is -0.405. The van der Waals surface area contributed by atoms with Gasteiger partial charge in [-0.2, -0.15) is 0 Å². The summed E-state index contributed by atoms with van der Waals surface area (Å²) in [5, 5.41) is 0.167. The van der Waals surface area contributed by atoms with Crippen LogP contribution < -0.4 is 0 Å². The fourth-order valence-corrected chi connectivity index (χ4v) is 1.20. The van der Waals surface area contributed by atoms with Crippen LogP contribution in [0.1, 0.15) is 6.92 Å². The van der Waals surface area contributed by atoms with Gasteiger partial charge in [-0.05, 0) is 0 Å². The van der Waals surface area contributed by atoms with Crippen LogP contribution in [-0.4, -0.2) is 5.97 Å². The van der Waals surface area contributed by atoms with E-state index in [4.69, 9.17) is 11.6 Å². The molecule has 0 saturated heterocycles. The van der Waals surface area contributed by atoms with Gasteiger partial charge in [0.25, 0.3) is 0 Å². The number of carbonyl (C=O) groups excluding carboxylic acids is 1. The summed E-state index contributed by atoms with van der Waals surface area (Å²) in [7, 11) is 0. The van der Waals surface area contributed by atoms with E-state index in [0.717, 1.165) is 0 Å². The summed E-state index contributed by atoms with van der Waals surface area (Å²) in [6, 6.07) is 0. The van der Waals surface area contributed by atoms with E-state index in [2.05, 4.69) is 2.64 Å². The van der Waals surface area contributed by atoms with Crippen molar-refractivity contribution < 1.29 is 34.0 Å². The summed E-state index contributed by atoms with van der Waals surface area (Å²) in [5.41, 5.74) is 0. The second kappa shape index (κ2) is 4.33. The maximum atomic E-state index is 10.4. The average Bonchev–Trinajstić information content (AvgIpc) is 1.84. The van der Waals surface area contributed by atoms with Crippen LogP contribution in [0.5, 0.6) is 0 Å². The molecule has 0 bridgehead atoms. The number of allylic oxidation sites excluding steroid dienone is 1. The molecule has 0 unspecified atom stereocenters. The van der Waals surface area contributed by atoms with E-state index in [1.807, 2.05) is 0 Å². The minimum atomic E-state index is -0.405. The molecule has 0 aliphatic heterocycles. The quantitative estimate of drug-likeness (QED) is 0.535. The molecule has 41 valence electrons. The molecule has 0 atom stereocenters. The maximum absolute atomic E-state index is 10.4. The van der Waals surface area contributed by atoms with Crippen molar-refractivity contribution in [1.82, 2.24) is 0 Å². The molecule has 8 heavy (non-hydrogen) atoms. The van der Waals surface area contributed by atoms with E-state index >= 15 is 0 Å². The van der Waals surface area contributed by atoms with Crippen LogP contribution in [-0.2, 0) is 34.0 Å². The Morgan fingerprint density at radius 3 is 2.50 bits per heavy atom. The molecule has 0 saturated carbocycles. The van der Waals surface area contributed by atoms with Gasteiger partial charge < -0.3 is 0 Å². The van der Waals surface area contributed by atoms with Gasteiger partial charge in [-0.15, -0.1) is 0 Å². The monoisotopic (exact) mass is 321 g/mol. The zero-order valence-electron chi connectivity index (χ0n) is 4.48. The summed E-state index contributed by atoms with van der Waals surface area (Å²) in [6.07, 6.45) is 1.51. The molecule has 0 aliphatic carbocycles. The number of hydrogen-bond acceptors (Lipinski definition) is 2. The van der Waals surface area contributed by atoms with Crippen molar-refractivity contribution in [2.75, 3.05) is 0 Å². The molecule has 0 amide bonds. The van der Waals surface area contributed by atoms with Gasteiger partial charge in [-0.3, -0.25) is 0 Å². The third-order valence-electron chi connectivity index (χ3n) is 0.580. The summed E-state index contributed by atoms with van der Waals surface area (Å²) in [4.78, 5) is 10.4. The van der Waals surface area contributed by atoms with Crippen molar-refractivity contribution in [1.29, 1.82) is 0 Å². The van der Waals surface area contributed by atoms with Crippen LogP contribution in [0, 0.1) is 0 Å². The van der Waals surface area contributed by atoms with Crippen molar-refractivity contribution in [3.05, 3.63) is 11.1 Å². The second-order valence-electron chi connectivity index (χ2n) is 1.07. The predicted octanol–water partition coefficient (Wildman–Crippen LogP) is 1.13. The molecule has 0 radical (unpaired) electrons. The van der Waals surface area contributed by atoms with Gasteiger partial charge in [0, 0.05) is 0 Å². The van der Waals surface area contributed by atoms with Gasteiger partial charge >= 0.3 is 69.6 Å². The molecule has 0 aliphatic rings. The molecule has 0 heterocycles. The standard InChI is InChI=1S/C4H5ClO2.Hg/c1-2-3(5)4(6)7;/h2H,1H3,(H,6,7);/q;+1/p-1/b3-2-;. The van der Waals surface area contributed by atoms with Crippen LogP contribution in [0.3, 0.4) is 0 Å². The number of rotatable bonds is 1. The van der Waals surface area contributed by atoms with E-state index in [1.165, 1.54) is 6.08 Å². The Kier molecular flexibility index (Phi) is 4.56. The molecule has 2 nitrogen and oxygen atoms in total. The first-order valence-corrected chi connectivity index (χ1v) is 4.62. The van der Waals surface area contributed by atoms with E-state index < -0.39 is 5.97 Å². The van der Waals surface area contributed by atoms with Gasteiger partial charge in [-0.1, -0.05) is 0 Å². The van der Waals surface area contributed by atoms with Crippen molar-refractivity contribution in [3.8, 4) is 0 Å². The Balaban J connectivity index is 3.83. The average molecular weight is 320 g/mol. The molecule has 0 spiro atoms. The van der Waals surface area contributed by atoms with Crippen molar-refractivity contribution >= 4 is 17.6 Å². The Labute approximate surface area is 69.5 Å². The normalized spacial score (nSPS) is 11.2. The van der Waals surface area contributed by atoms with Crippen LogP contribution >= 0.6 is 11.6 Å². The molecule has 0 aromatic heterocycles. The van der Waals surface area contributed by atoms with E-state index in [1.54, 1.807) is 6.92 Å². The van der Waals surface area contributed by atoms with Crippen molar-refractivity contribution in [2.24, 2.45) is 0 Å². The van der Waals surface area contributed by atoms with Crippen LogP contribution in [0.15, 0.2) is 11.1 Å². The zero-order valence-corrected chi connectivity index (χ0v) is 10.7. The third kappa shape index (κ3) is 2.67. The summed E-state index contributed by atoms with van der Waals surface area (Å²) < 4.78 is 4.46. The van der Waals surface area contributed by atoms with Crippen LogP contribution in [0.25, 0.3) is 0 Å². The molecule has 0 rings (SSSR count). The van der Waals surface area contributed by atoms with Gasteiger partial charge in [0.1, 0.15) is 0 Å². The zero-order chi connectivity index (χ0) is 6.57. The van der Waals surface area contributed by atoms with Crippen LogP contribution in [0.4, 0.5) is 0 Å². The van der Waals surface area contributed by atoms with E-state index in [0.29, 0.717) is 0 Å². The topological polar surface area (TPSA) is 26.3 Å². The van der Waals surface area contributed by atoms with E-state index in [9.17, 15) is 4.79 Å². The first kappa shape index (κ1) is 8.44. The number of halogens is 1. The van der Waals surface area contributed by atoms with Gasteiger partial charge in [-0.25, -0.2) is 0 Å². The molecule has 0 aromatic carbocycles. The fraction of sp³-hybridized carbons (Fsp3) is 0.250. The van der Waals surface area contributed by atoms with Crippen molar-refractivity contribution in [2.45, 2.75) is 6.92 Å². The first-order chi connectivity index (χ1) is 3.72. The summed E-state index contributed by atoms with van der Waals surface area (Å²) in [6.45, 7) is 1.69. The molecule has 0 aromatic rings. The fourth-order valence-electron chi connectivity index (χ4n) is 0.187. The predicted molar refractivity (Wildman–Crippen MR) is 25.7 cm³/mol. The molecule has 0 N–H and O–H groups in total. The Morgan fingerprint density at radius 1 is 1.88 bits per heavy atom. The third-order valence-corrected chi connectivity index (χ3v) is 1.97. The van der Waals surface area contributed by atoms with Gasteiger partial charge in [0.15, 0.2) is 0 Å². The molecule has 4 heteroatoms. The number of hydrogen-bond donors (Lipinski definition) is 0. The Bertz CT molecular complexity index is 121. The van der Waals surface area contributed by atoms with E-state index in [-0.39, 0.29) is 31.6 Å². The van der Waals surface area contributed by atoms with Gasteiger partial charge in [0.05, 0.1) is 0 Å². The summed E-state index contributed by atoms with van der Waals surface area (Å²) >= 11 is 5.38. The molecule has 0 fully saturated rings. The first-order valence-electron chi connectivity index (χ1n) is 2.00. The van der Waals surface area contributed by atoms with Crippen LogP contribution in [0.2, 0.25) is 0 Å². The number of carbonyl (C=O) groups is 1. The van der Waals surface area contributed by atoms with Gasteiger partial charge in [0.2, 0.25) is 0 Å². The molecular weight excluding hydrogens is 316 g/mol. The Morgan fingerprint density at radius 2 is 2.38 bits per heavy atom. The molecular formula is C4H4ClHgO2.